The third kappa shape index (κ3) is 13.3. The van der Waals surface area contributed by atoms with Gasteiger partial charge < -0.3 is 9.22 Å². The number of likely N-dealkylation sites (N-methyl/N-ethyl adjacent to an activating group) is 1. The number of unbranched alkanes of at least 4 members (excludes halogenated alkanes) is 12. The van der Waals surface area contributed by atoms with Gasteiger partial charge in [-0.1, -0.05) is 121 Å². The highest BCUT2D eigenvalue weighted by molar-refractivity contribution is 5.74. The van der Waals surface area contributed by atoms with Gasteiger partial charge in [-0.15, -0.1) is 0 Å². The van der Waals surface area contributed by atoms with E-state index in [-0.39, 0.29) is 12.0 Å². The predicted molar refractivity (Wildman–Crippen MR) is 138 cm³/mol. The first-order chi connectivity index (χ1) is 15.5. The van der Waals surface area contributed by atoms with Crippen molar-refractivity contribution in [3.05, 3.63) is 35.9 Å². The summed E-state index contributed by atoms with van der Waals surface area (Å²) < 4.78 is 6.47. The molecule has 184 valence electrons. The number of hydrogen-bond acceptors (Lipinski definition) is 2. The Labute approximate surface area is 199 Å². The van der Waals surface area contributed by atoms with E-state index in [2.05, 4.69) is 58.3 Å². The summed E-state index contributed by atoms with van der Waals surface area (Å²) in [5.74, 6) is 0.00225. The molecule has 1 unspecified atom stereocenters. The number of hydrogen-bond donors (Lipinski definition) is 0. The summed E-state index contributed by atoms with van der Waals surface area (Å²) in [4.78, 5) is 13.1. The average molecular weight is 447 g/mol. The van der Waals surface area contributed by atoms with E-state index in [0.29, 0.717) is 11.1 Å². The summed E-state index contributed by atoms with van der Waals surface area (Å²) in [6.07, 6.45) is 18.5. The minimum atomic E-state index is -0.0876. The molecule has 3 nitrogen and oxygen atoms in total. The molecule has 0 spiro atoms. The number of benzene rings is 1. The zero-order valence-electron chi connectivity index (χ0n) is 21.7. The van der Waals surface area contributed by atoms with E-state index < -0.39 is 0 Å². The number of ether oxygens (including phenoxy) is 1. The Hall–Kier alpha value is -1.35. The summed E-state index contributed by atoms with van der Waals surface area (Å²) >= 11 is 0. The number of carbonyl (C=O) groups is 1. The maximum atomic E-state index is 13.1. The first-order valence-electron chi connectivity index (χ1n) is 13.5. The molecule has 1 rings (SSSR count). The van der Waals surface area contributed by atoms with Crippen LogP contribution in [0.15, 0.2) is 30.3 Å². The molecule has 1 aromatic carbocycles. The molecule has 0 aliphatic heterocycles. The highest BCUT2D eigenvalue weighted by Gasteiger charge is 2.35. The van der Waals surface area contributed by atoms with E-state index in [4.69, 9.17) is 4.74 Å². The Balaban J connectivity index is 2.52. The lowest BCUT2D eigenvalue weighted by molar-refractivity contribution is -0.920. The molecule has 0 aliphatic rings. The van der Waals surface area contributed by atoms with E-state index >= 15 is 0 Å². The number of carbonyl (C=O) groups excluding carboxylic acids is 1. The minimum Gasteiger partial charge on any atom is -0.461 e. The van der Waals surface area contributed by atoms with Crippen LogP contribution < -0.4 is 0 Å². The van der Waals surface area contributed by atoms with Gasteiger partial charge in [-0.2, -0.15) is 0 Å². The quantitative estimate of drug-likeness (QED) is 0.115. The molecule has 0 amide bonds. The van der Waals surface area contributed by atoms with Crippen molar-refractivity contribution >= 4 is 5.97 Å². The minimum absolute atomic E-state index is 0.00225. The average Bonchev–Trinajstić information content (AvgIpc) is 2.77. The lowest BCUT2D eigenvalue weighted by Crippen LogP contribution is -2.52. The summed E-state index contributed by atoms with van der Waals surface area (Å²) in [6, 6.07) is 10.5. The highest BCUT2D eigenvalue weighted by atomic mass is 16.5. The smallest absolute Gasteiger partial charge is 0.364 e. The van der Waals surface area contributed by atoms with Gasteiger partial charge in [-0.3, -0.25) is 0 Å². The van der Waals surface area contributed by atoms with Crippen molar-refractivity contribution in [2.75, 3.05) is 20.7 Å². The van der Waals surface area contributed by atoms with Gasteiger partial charge in [0.25, 0.3) is 0 Å². The largest absolute Gasteiger partial charge is 0.461 e. The lowest BCUT2D eigenvalue weighted by atomic mass is 10.0. The van der Waals surface area contributed by atoms with E-state index in [1.807, 2.05) is 0 Å². The topological polar surface area (TPSA) is 26.3 Å². The van der Waals surface area contributed by atoms with Gasteiger partial charge in [0.15, 0.2) is 6.04 Å². The van der Waals surface area contributed by atoms with Crippen molar-refractivity contribution in [3.8, 4) is 0 Å². The Morgan fingerprint density at radius 2 is 1.25 bits per heavy atom. The molecule has 1 atom stereocenters. The highest BCUT2D eigenvalue weighted by Crippen LogP contribution is 2.21. The molecule has 3 heteroatoms. The standard InChI is InChI=1S/C29H52NO2/c1-5-7-9-11-13-14-15-20-24-28(29(31)32-25-21-16-12-10-8-6-2)30(3,4)26-27-22-18-17-19-23-27/h17-19,22-23,28H,5-16,20-21,24-26H2,1-4H3/q+1. The zero-order chi connectivity index (χ0) is 23.5. The molecule has 0 radical (unpaired) electrons. The lowest BCUT2D eigenvalue weighted by Gasteiger charge is -2.36. The Morgan fingerprint density at radius 3 is 1.81 bits per heavy atom. The first-order valence-corrected chi connectivity index (χ1v) is 13.5. The van der Waals surface area contributed by atoms with Crippen molar-refractivity contribution in [1.29, 1.82) is 0 Å². The van der Waals surface area contributed by atoms with E-state index in [0.717, 1.165) is 32.2 Å². The number of quaternary nitrogens is 1. The van der Waals surface area contributed by atoms with E-state index in [1.54, 1.807) is 0 Å². The van der Waals surface area contributed by atoms with Crippen LogP contribution in [0.3, 0.4) is 0 Å². The van der Waals surface area contributed by atoms with Crippen molar-refractivity contribution in [1.82, 2.24) is 0 Å². The molecule has 0 aromatic heterocycles. The monoisotopic (exact) mass is 446 g/mol. The van der Waals surface area contributed by atoms with E-state index in [9.17, 15) is 4.79 Å². The number of esters is 1. The Kier molecular flexibility index (Phi) is 16.2. The van der Waals surface area contributed by atoms with Crippen LogP contribution >= 0.6 is 0 Å². The van der Waals surface area contributed by atoms with Crippen LogP contribution in [0.4, 0.5) is 0 Å². The molecule has 0 fully saturated rings. The second-order valence-corrected chi connectivity index (χ2v) is 10.1. The van der Waals surface area contributed by atoms with E-state index in [1.165, 1.54) is 76.2 Å². The molecule has 0 bridgehead atoms. The molecule has 0 heterocycles. The van der Waals surface area contributed by atoms with Crippen LogP contribution in [0.25, 0.3) is 0 Å². The van der Waals surface area contributed by atoms with Crippen LogP contribution in [-0.2, 0) is 16.1 Å². The van der Waals surface area contributed by atoms with Crippen molar-refractivity contribution in [2.24, 2.45) is 0 Å². The van der Waals surface area contributed by atoms with Gasteiger partial charge in [-0.05, 0) is 12.8 Å². The van der Waals surface area contributed by atoms with Crippen molar-refractivity contribution in [2.45, 2.75) is 123 Å². The van der Waals surface area contributed by atoms with Gasteiger partial charge >= 0.3 is 5.97 Å². The number of nitrogens with zero attached hydrogens (tertiary/aromatic N) is 1. The summed E-state index contributed by atoms with van der Waals surface area (Å²) in [7, 11) is 4.38. The maximum absolute atomic E-state index is 13.1. The van der Waals surface area contributed by atoms with Crippen molar-refractivity contribution < 1.29 is 14.0 Å². The SMILES string of the molecule is CCCCCCCCCCC(C(=O)OCCCCCCCC)[N+](C)(C)Cc1ccccc1. The second-order valence-electron chi connectivity index (χ2n) is 10.1. The van der Waals surface area contributed by atoms with Gasteiger partial charge in [0, 0.05) is 12.0 Å². The molecule has 0 aliphatic carbocycles. The third-order valence-corrected chi connectivity index (χ3v) is 6.62. The van der Waals surface area contributed by atoms with Crippen LogP contribution in [0.1, 0.15) is 116 Å². The molecule has 1 aromatic rings. The predicted octanol–water partition coefficient (Wildman–Crippen LogP) is 8.07. The fourth-order valence-corrected chi connectivity index (χ4v) is 4.54. The van der Waals surface area contributed by atoms with Crippen LogP contribution in [-0.4, -0.2) is 37.2 Å². The fraction of sp³-hybridized carbons (Fsp3) is 0.759. The molecule has 0 N–H and O–H groups in total. The maximum Gasteiger partial charge on any atom is 0.364 e. The van der Waals surface area contributed by atoms with Gasteiger partial charge in [0.05, 0.1) is 20.7 Å². The van der Waals surface area contributed by atoms with Gasteiger partial charge in [-0.25, -0.2) is 4.79 Å². The molecule has 32 heavy (non-hydrogen) atoms. The van der Waals surface area contributed by atoms with Crippen LogP contribution in [0.5, 0.6) is 0 Å². The second kappa shape index (κ2) is 18.1. The summed E-state index contributed by atoms with van der Waals surface area (Å²) in [5, 5.41) is 0. The van der Waals surface area contributed by atoms with Gasteiger partial charge in [0.2, 0.25) is 0 Å². The first kappa shape index (κ1) is 28.7. The Bertz CT molecular complexity index is 570. The fourth-order valence-electron chi connectivity index (χ4n) is 4.54. The normalized spacial score (nSPS) is 12.6. The summed E-state index contributed by atoms with van der Waals surface area (Å²) in [5.41, 5.74) is 1.28. The van der Waals surface area contributed by atoms with Gasteiger partial charge in [0.1, 0.15) is 6.54 Å². The molecule has 0 saturated heterocycles. The zero-order valence-corrected chi connectivity index (χ0v) is 21.7. The van der Waals surface area contributed by atoms with Crippen molar-refractivity contribution in [3.63, 3.8) is 0 Å². The third-order valence-electron chi connectivity index (χ3n) is 6.62. The van der Waals surface area contributed by atoms with Crippen LogP contribution in [0, 0.1) is 0 Å². The summed E-state index contributed by atoms with van der Waals surface area (Å²) in [6.45, 7) is 5.93. The molecular formula is C29H52NO2+. The molecular weight excluding hydrogens is 394 g/mol. The van der Waals surface area contributed by atoms with Crippen LogP contribution in [0.2, 0.25) is 0 Å². The Morgan fingerprint density at radius 1 is 0.750 bits per heavy atom. The molecule has 0 saturated carbocycles. The number of rotatable bonds is 20.